The zero-order valence-corrected chi connectivity index (χ0v) is 44.9. The zero-order valence-electron chi connectivity index (χ0n) is 42.7. The fourth-order valence-corrected chi connectivity index (χ4v) is 10.3. The molecule has 75 heavy (non-hydrogen) atoms. The van der Waals surface area contributed by atoms with Crippen molar-refractivity contribution in [1.29, 1.82) is 0 Å². The molecule has 2 aromatic heterocycles. The third-order valence-corrected chi connectivity index (χ3v) is 14.1. The van der Waals surface area contributed by atoms with E-state index in [1.165, 1.54) is 17.7 Å². The van der Waals surface area contributed by atoms with E-state index in [1.807, 2.05) is 24.4 Å². The van der Waals surface area contributed by atoms with Gasteiger partial charge in [0.05, 0.1) is 0 Å². The number of rotatable bonds is 9. The minimum atomic E-state index is -0.270. The van der Waals surface area contributed by atoms with Crippen molar-refractivity contribution in [3.63, 3.8) is 0 Å². The Morgan fingerprint density at radius 1 is 0.493 bits per heavy atom. The Labute approximate surface area is 453 Å². The molecule has 0 saturated heterocycles. The maximum Gasteiger partial charge on any atom is 0.135 e. The van der Waals surface area contributed by atoms with Crippen LogP contribution < -0.4 is 14.5 Å². The van der Waals surface area contributed by atoms with Crippen molar-refractivity contribution in [3.8, 4) is 61.8 Å². The summed E-state index contributed by atoms with van der Waals surface area (Å²) in [6.07, 6.45) is 1.90. The summed E-state index contributed by atoms with van der Waals surface area (Å²) in [4.78, 5) is 9.41. The molecule has 1 aliphatic heterocycles. The molecular weight excluding hydrogens is 1100 g/mol. The number of benzene rings is 9. The molecule has 12 rings (SSSR count). The first kappa shape index (κ1) is 49.2. The van der Waals surface area contributed by atoms with Gasteiger partial charge in [-0.05, 0) is 121 Å². The van der Waals surface area contributed by atoms with Gasteiger partial charge in [-0.15, -0.1) is 53.6 Å². The number of aromatic nitrogens is 2. The largest absolute Gasteiger partial charge is 0.509 e. The Morgan fingerprint density at radius 3 is 1.77 bits per heavy atom. The molecule has 5 nitrogen and oxygen atoms in total. The van der Waals surface area contributed by atoms with Gasteiger partial charge < -0.3 is 19.1 Å². The molecule has 0 bridgehead atoms. The topological polar surface area (TPSA) is 33.5 Å². The van der Waals surface area contributed by atoms with Gasteiger partial charge in [0.25, 0.3) is 0 Å². The van der Waals surface area contributed by atoms with Gasteiger partial charge in [-0.2, -0.15) is 6.07 Å². The van der Waals surface area contributed by atoms with Crippen molar-refractivity contribution in [1.82, 2.24) is 9.55 Å². The zero-order chi connectivity index (χ0) is 50.7. The number of pyridine rings is 1. The third-order valence-electron chi connectivity index (χ3n) is 14.1. The van der Waals surface area contributed by atoms with Crippen LogP contribution in [0.3, 0.4) is 0 Å². The minimum Gasteiger partial charge on any atom is -0.509 e. The number of nitrogens with zero attached hydrogens (tertiary/aromatic N) is 4. The number of hydrogen-bond acceptors (Lipinski definition) is 4. The second-order valence-corrected chi connectivity index (χ2v) is 21.1. The summed E-state index contributed by atoms with van der Waals surface area (Å²) >= 11 is 0. The molecule has 0 N–H and O–H groups in total. The van der Waals surface area contributed by atoms with Crippen LogP contribution >= 0.6 is 0 Å². The van der Waals surface area contributed by atoms with Crippen LogP contribution in [0.4, 0.5) is 27.1 Å². The van der Waals surface area contributed by atoms with E-state index in [2.05, 4.69) is 251 Å². The summed E-state index contributed by atoms with van der Waals surface area (Å²) in [6, 6.07) is 78.2. The summed E-state index contributed by atoms with van der Waals surface area (Å²) in [5.41, 5.74) is 16.1. The Hall–Kier alpha value is -8.05. The predicted molar refractivity (Wildman–Crippen MR) is 303 cm³/mol. The Morgan fingerprint density at radius 2 is 1.11 bits per heavy atom. The second kappa shape index (κ2) is 19.7. The molecule has 0 fully saturated rings. The predicted octanol–water partition coefficient (Wildman–Crippen LogP) is 18.4. The van der Waals surface area contributed by atoms with Gasteiger partial charge in [0.2, 0.25) is 0 Å². The summed E-state index contributed by atoms with van der Waals surface area (Å²) in [5, 5.41) is 2.17. The van der Waals surface area contributed by atoms with Crippen LogP contribution in [0, 0.1) is 24.6 Å². The van der Waals surface area contributed by atoms with Crippen molar-refractivity contribution < 1.29 is 30.2 Å². The molecule has 11 aromatic rings. The molecular formula is C68H54FN4OPt-3. The average molecular weight is 1160 g/mol. The van der Waals surface area contributed by atoms with E-state index in [9.17, 15) is 4.39 Å². The number of fused-ring (bicyclic) bond motifs is 4. The van der Waals surface area contributed by atoms with Gasteiger partial charge in [0.15, 0.2) is 0 Å². The molecule has 1 aliphatic rings. The van der Waals surface area contributed by atoms with Crippen molar-refractivity contribution in [3.05, 3.63) is 248 Å². The number of halogens is 1. The fourth-order valence-electron chi connectivity index (χ4n) is 10.3. The number of para-hydroxylation sites is 4. The van der Waals surface area contributed by atoms with Crippen molar-refractivity contribution in [2.45, 2.75) is 52.4 Å². The van der Waals surface area contributed by atoms with Crippen molar-refractivity contribution in [2.24, 2.45) is 0 Å². The first-order valence-electron chi connectivity index (χ1n) is 25.2. The monoisotopic (exact) mass is 1160 g/mol. The van der Waals surface area contributed by atoms with Crippen LogP contribution in [0.15, 0.2) is 212 Å². The SMILES string of the molecule is CC(C)(C)c1ccnc(-n2c3[c-]c(Oc4[c-]c(N5[CH-]N(c6c(-c7ccc(F)cc7)cccc6C(C)(C)C)c6ccccc65)cc(-c5cc(-c6ccccc6)cc(-c6ccccc6)c5)c4)ccc3c3ccccc32)c1.[Pt]. The van der Waals surface area contributed by atoms with Gasteiger partial charge in [-0.25, -0.2) is 9.37 Å². The Kier molecular flexibility index (Phi) is 12.9. The number of ether oxygens (including phenoxy) is 1. The van der Waals surface area contributed by atoms with Crippen LogP contribution in [0.1, 0.15) is 52.7 Å². The maximum absolute atomic E-state index is 14.5. The van der Waals surface area contributed by atoms with E-state index in [1.54, 1.807) is 0 Å². The normalized spacial score (nSPS) is 12.5. The average Bonchev–Trinajstić information content (AvgIpc) is 3.98. The van der Waals surface area contributed by atoms with Crippen LogP contribution in [-0.4, -0.2) is 9.55 Å². The molecule has 9 aromatic carbocycles. The molecule has 0 amide bonds. The Bertz CT molecular complexity index is 3830. The first-order chi connectivity index (χ1) is 35.8. The Balaban J connectivity index is 0.00000602. The van der Waals surface area contributed by atoms with Crippen LogP contribution in [0.5, 0.6) is 11.5 Å². The van der Waals surface area contributed by atoms with E-state index in [0.717, 1.165) is 100 Å². The second-order valence-electron chi connectivity index (χ2n) is 21.1. The molecule has 0 aliphatic carbocycles. The molecule has 0 atom stereocenters. The van der Waals surface area contributed by atoms with E-state index < -0.39 is 0 Å². The van der Waals surface area contributed by atoms with E-state index >= 15 is 0 Å². The van der Waals surface area contributed by atoms with Gasteiger partial charge in [0, 0.05) is 66.9 Å². The van der Waals surface area contributed by atoms with Gasteiger partial charge in [-0.3, -0.25) is 0 Å². The molecule has 0 radical (unpaired) electrons. The van der Waals surface area contributed by atoms with E-state index in [-0.39, 0.29) is 37.7 Å². The fraction of sp³-hybridized carbons (Fsp3) is 0.118. The molecule has 372 valence electrons. The molecule has 0 spiro atoms. The van der Waals surface area contributed by atoms with Gasteiger partial charge in [-0.1, -0.05) is 168 Å². The van der Waals surface area contributed by atoms with Crippen LogP contribution in [-0.2, 0) is 31.9 Å². The third kappa shape index (κ3) is 9.45. The van der Waals surface area contributed by atoms with E-state index in [0.29, 0.717) is 11.5 Å². The quantitative estimate of drug-likeness (QED) is 0.135. The molecule has 3 heterocycles. The molecule has 0 saturated carbocycles. The van der Waals surface area contributed by atoms with Crippen molar-refractivity contribution in [2.75, 3.05) is 9.80 Å². The summed E-state index contributed by atoms with van der Waals surface area (Å²) < 4.78 is 23.7. The minimum absolute atomic E-state index is 0. The molecule has 0 unspecified atom stereocenters. The summed E-state index contributed by atoms with van der Waals surface area (Å²) in [7, 11) is 0. The smallest absolute Gasteiger partial charge is 0.135 e. The molecule has 7 heteroatoms. The number of hydrogen-bond donors (Lipinski definition) is 0. The van der Waals surface area contributed by atoms with Gasteiger partial charge >= 0.3 is 0 Å². The maximum atomic E-state index is 14.5. The van der Waals surface area contributed by atoms with Crippen LogP contribution in [0.2, 0.25) is 0 Å². The first-order valence-corrected chi connectivity index (χ1v) is 25.2. The summed E-state index contributed by atoms with van der Waals surface area (Å²) in [6.45, 7) is 15.5. The van der Waals surface area contributed by atoms with Gasteiger partial charge in [0.1, 0.15) is 11.6 Å². The van der Waals surface area contributed by atoms with Crippen LogP contribution in [0.25, 0.3) is 72.1 Å². The summed E-state index contributed by atoms with van der Waals surface area (Å²) in [5.74, 6) is 1.63. The standard InChI is InChI=1S/C68H54FN4O.Pt/c1-67(2,3)52-34-35-70-65(41-52)73-61-25-14-13-22-58(61)59-33-32-55(43-64(59)73)74-56-40-51(50-37-48(45-18-9-7-10-19-45)36-49(38-50)46-20-11-8-12-21-46)39-54(42-56)71-44-72(63-27-16-15-26-62(63)71)66-57(47-28-30-53(69)31-29-47)23-17-24-60(66)68(4,5)6;/h7-41,44H,1-6H3;/q-3;. The number of anilines is 4. The van der Waals surface area contributed by atoms with Crippen molar-refractivity contribution >= 4 is 44.6 Å². The van der Waals surface area contributed by atoms with E-state index in [4.69, 9.17) is 9.72 Å².